The molecule has 11 heteroatoms. The molecule has 0 spiro atoms. The van der Waals surface area contributed by atoms with Crippen LogP contribution in [-0.4, -0.2) is 43.4 Å². The standard InChI is InChI=1S/C27H39N5O5S/c1-4-5-11-23(26(33)29-17-20-12-14-22(15-13-20)25(28)31-35)30-27(34)24(16-19(2)3)32-38(36,37)18-21-9-7-6-8-10-21/h6-10,12-15,19,23-24,32,35H,4-5,11,16-18H2,1-3H3,(H2,28,31)(H,29,33)(H,30,34)/t23-,24+/m0/s1. The SMILES string of the molecule is CCCC[C@H](NC(=O)[C@@H](CC(C)C)NS(=O)(=O)Cc1ccccc1)C(=O)NCc1ccc(C(N)=NO)cc1. The molecular weight excluding hydrogens is 506 g/mol. The number of nitrogens with zero attached hydrogens (tertiary/aromatic N) is 1. The summed E-state index contributed by atoms with van der Waals surface area (Å²) in [6.07, 6.45) is 2.24. The summed E-state index contributed by atoms with van der Waals surface area (Å²) in [5.74, 6) is -1.11. The Hall–Kier alpha value is -3.44. The number of rotatable bonds is 15. The molecule has 10 nitrogen and oxygen atoms in total. The van der Waals surface area contributed by atoms with E-state index in [1.165, 1.54) is 0 Å². The molecule has 0 radical (unpaired) electrons. The number of carbonyl (C=O) groups is 2. The van der Waals surface area contributed by atoms with E-state index < -0.39 is 28.0 Å². The van der Waals surface area contributed by atoms with Crippen molar-refractivity contribution >= 4 is 27.7 Å². The quantitative estimate of drug-likeness (QED) is 0.1000. The van der Waals surface area contributed by atoms with E-state index in [2.05, 4.69) is 20.5 Å². The molecule has 0 saturated carbocycles. The lowest BCUT2D eigenvalue weighted by atomic mass is 10.0. The van der Waals surface area contributed by atoms with E-state index in [1.54, 1.807) is 54.6 Å². The van der Waals surface area contributed by atoms with Crippen LogP contribution in [0.25, 0.3) is 0 Å². The van der Waals surface area contributed by atoms with Gasteiger partial charge in [-0.25, -0.2) is 13.1 Å². The van der Waals surface area contributed by atoms with Gasteiger partial charge in [0.1, 0.15) is 12.1 Å². The molecular formula is C27H39N5O5S. The van der Waals surface area contributed by atoms with Crippen molar-refractivity contribution in [2.24, 2.45) is 16.8 Å². The van der Waals surface area contributed by atoms with Crippen molar-refractivity contribution in [3.63, 3.8) is 0 Å². The molecule has 0 aliphatic rings. The fourth-order valence-electron chi connectivity index (χ4n) is 3.84. The zero-order chi connectivity index (χ0) is 28.1. The molecule has 2 aromatic carbocycles. The van der Waals surface area contributed by atoms with Crippen molar-refractivity contribution in [2.45, 2.75) is 70.8 Å². The van der Waals surface area contributed by atoms with Gasteiger partial charge < -0.3 is 21.6 Å². The van der Waals surface area contributed by atoms with E-state index in [0.717, 1.165) is 12.0 Å². The highest BCUT2D eigenvalue weighted by Gasteiger charge is 2.29. The minimum atomic E-state index is -3.80. The molecule has 0 heterocycles. The summed E-state index contributed by atoms with van der Waals surface area (Å²) >= 11 is 0. The zero-order valence-electron chi connectivity index (χ0n) is 22.2. The second-order valence-corrected chi connectivity index (χ2v) is 11.4. The molecule has 0 saturated heterocycles. The minimum absolute atomic E-state index is 0.0155. The number of hydrogen-bond donors (Lipinski definition) is 5. The van der Waals surface area contributed by atoms with Gasteiger partial charge in [0.15, 0.2) is 5.84 Å². The first-order valence-electron chi connectivity index (χ1n) is 12.7. The van der Waals surface area contributed by atoms with Crippen molar-refractivity contribution < 1.29 is 23.2 Å². The fraction of sp³-hybridized carbons (Fsp3) is 0.444. The summed E-state index contributed by atoms with van der Waals surface area (Å²) in [6, 6.07) is 13.8. The van der Waals surface area contributed by atoms with E-state index in [9.17, 15) is 18.0 Å². The molecule has 2 aromatic rings. The normalized spacial score (nSPS) is 13.6. The third-order valence-electron chi connectivity index (χ3n) is 5.85. The van der Waals surface area contributed by atoms with Gasteiger partial charge in [-0.15, -0.1) is 0 Å². The number of benzene rings is 2. The van der Waals surface area contributed by atoms with Gasteiger partial charge in [0.25, 0.3) is 0 Å². The maximum atomic E-state index is 13.2. The highest BCUT2D eigenvalue weighted by molar-refractivity contribution is 7.88. The second-order valence-electron chi connectivity index (χ2n) is 9.65. The summed E-state index contributed by atoms with van der Waals surface area (Å²) in [4.78, 5) is 26.2. The van der Waals surface area contributed by atoms with Crippen LogP contribution in [0, 0.1) is 5.92 Å². The van der Waals surface area contributed by atoms with E-state index in [0.29, 0.717) is 24.0 Å². The molecule has 0 fully saturated rings. The van der Waals surface area contributed by atoms with Crippen LogP contribution in [-0.2, 0) is 31.9 Å². The van der Waals surface area contributed by atoms with Crippen molar-refractivity contribution in [2.75, 3.05) is 0 Å². The van der Waals surface area contributed by atoms with Crippen LogP contribution in [0.5, 0.6) is 0 Å². The number of carbonyl (C=O) groups excluding carboxylic acids is 2. The molecule has 2 amide bonds. The molecule has 0 unspecified atom stereocenters. The third kappa shape index (κ3) is 10.5. The van der Waals surface area contributed by atoms with Gasteiger partial charge in [-0.05, 0) is 29.9 Å². The molecule has 0 bridgehead atoms. The van der Waals surface area contributed by atoms with Gasteiger partial charge in [-0.3, -0.25) is 9.59 Å². The van der Waals surface area contributed by atoms with Gasteiger partial charge in [0.05, 0.1) is 5.75 Å². The molecule has 0 aliphatic heterocycles. The van der Waals surface area contributed by atoms with Crippen LogP contribution < -0.4 is 21.1 Å². The van der Waals surface area contributed by atoms with Crippen LogP contribution in [0.15, 0.2) is 59.8 Å². The number of nitrogens with one attached hydrogen (secondary N) is 3. The molecule has 0 aliphatic carbocycles. The summed E-state index contributed by atoms with van der Waals surface area (Å²) < 4.78 is 28.2. The number of oxime groups is 1. The van der Waals surface area contributed by atoms with Crippen LogP contribution in [0.4, 0.5) is 0 Å². The van der Waals surface area contributed by atoms with E-state index >= 15 is 0 Å². The minimum Gasteiger partial charge on any atom is -0.409 e. The predicted molar refractivity (Wildman–Crippen MR) is 148 cm³/mol. The van der Waals surface area contributed by atoms with Gasteiger partial charge in [0.2, 0.25) is 21.8 Å². The first-order chi connectivity index (χ1) is 18.0. The summed E-state index contributed by atoms with van der Waals surface area (Å²) in [7, 11) is -3.80. The third-order valence-corrected chi connectivity index (χ3v) is 7.21. The lowest BCUT2D eigenvalue weighted by Gasteiger charge is -2.24. The Balaban J connectivity index is 2.08. The first kappa shape index (κ1) is 30.8. The van der Waals surface area contributed by atoms with Crippen molar-refractivity contribution in [3.05, 3.63) is 71.3 Å². The van der Waals surface area contributed by atoms with Crippen molar-refractivity contribution in [1.29, 1.82) is 0 Å². The maximum absolute atomic E-state index is 13.2. The van der Waals surface area contributed by atoms with Gasteiger partial charge in [0, 0.05) is 12.1 Å². The lowest BCUT2D eigenvalue weighted by molar-refractivity contribution is -0.130. The van der Waals surface area contributed by atoms with Crippen LogP contribution >= 0.6 is 0 Å². The lowest BCUT2D eigenvalue weighted by Crippen LogP contribution is -2.54. The molecule has 6 N–H and O–H groups in total. The van der Waals surface area contributed by atoms with E-state index in [4.69, 9.17) is 10.9 Å². The largest absolute Gasteiger partial charge is 0.409 e. The van der Waals surface area contributed by atoms with E-state index in [1.807, 2.05) is 20.8 Å². The summed E-state index contributed by atoms with van der Waals surface area (Å²) in [5.41, 5.74) is 7.53. The van der Waals surface area contributed by atoms with Crippen LogP contribution in [0.1, 0.15) is 63.1 Å². The first-order valence-corrected chi connectivity index (χ1v) is 14.4. The highest BCUT2D eigenvalue weighted by atomic mass is 32.2. The van der Waals surface area contributed by atoms with Crippen molar-refractivity contribution in [1.82, 2.24) is 15.4 Å². The number of amides is 2. The maximum Gasteiger partial charge on any atom is 0.242 e. The summed E-state index contributed by atoms with van der Waals surface area (Å²) in [6.45, 7) is 6.00. The highest BCUT2D eigenvalue weighted by Crippen LogP contribution is 2.12. The fourth-order valence-corrected chi connectivity index (χ4v) is 5.20. The molecule has 2 atom stereocenters. The number of hydrogen-bond acceptors (Lipinski definition) is 6. The number of unbranched alkanes of at least 4 members (excludes halogenated alkanes) is 1. The molecule has 208 valence electrons. The predicted octanol–water partition coefficient (Wildman–Crippen LogP) is 2.61. The summed E-state index contributed by atoms with van der Waals surface area (Å²) in [5, 5.41) is 17.4. The Morgan fingerprint density at radius 2 is 1.63 bits per heavy atom. The Morgan fingerprint density at radius 1 is 0.974 bits per heavy atom. The monoisotopic (exact) mass is 545 g/mol. The zero-order valence-corrected chi connectivity index (χ0v) is 23.0. The average molecular weight is 546 g/mol. The topological polar surface area (TPSA) is 163 Å². The molecule has 38 heavy (non-hydrogen) atoms. The number of nitrogens with two attached hydrogens (primary N) is 1. The molecule has 2 rings (SSSR count). The molecule has 0 aromatic heterocycles. The Bertz CT molecular complexity index is 1170. The van der Waals surface area contributed by atoms with Crippen molar-refractivity contribution in [3.8, 4) is 0 Å². The average Bonchev–Trinajstić information content (AvgIpc) is 2.88. The Kier molecular flexibility index (Phi) is 12.2. The van der Waals surface area contributed by atoms with Crippen LogP contribution in [0.2, 0.25) is 0 Å². The van der Waals surface area contributed by atoms with Gasteiger partial charge in [-0.2, -0.15) is 0 Å². The smallest absolute Gasteiger partial charge is 0.242 e. The van der Waals surface area contributed by atoms with Gasteiger partial charge in [-0.1, -0.05) is 93.4 Å². The second kappa shape index (κ2) is 15.1. The number of sulfonamides is 1. The Labute approximate surface area is 225 Å². The van der Waals surface area contributed by atoms with Gasteiger partial charge >= 0.3 is 0 Å². The van der Waals surface area contributed by atoms with Crippen LogP contribution in [0.3, 0.4) is 0 Å². The number of amidine groups is 1. The Morgan fingerprint density at radius 3 is 2.21 bits per heavy atom. The van der Waals surface area contributed by atoms with E-state index in [-0.39, 0.29) is 36.4 Å².